The molecule has 1 N–H and O–H groups in total. The molecule has 0 aliphatic carbocycles. The van der Waals surface area contributed by atoms with Gasteiger partial charge in [0.25, 0.3) is 0 Å². The first-order valence-corrected chi connectivity index (χ1v) is 12.7. The highest BCUT2D eigenvalue weighted by Gasteiger charge is 2.20. The van der Waals surface area contributed by atoms with Gasteiger partial charge in [-0.05, 0) is 51.7 Å². The van der Waals surface area contributed by atoms with Gasteiger partial charge in [-0.3, -0.25) is 4.79 Å². The Labute approximate surface area is 107 Å². The lowest BCUT2D eigenvalue weighted by Crippen LogP contribution is -2.35. The lowest BCUT2D eigenvalue weighted by Gasteiger charge is -2.20. The molecular weight excluding hydrogens is 250 g/mol. The Hall–Kier alpha value is -0.176. The van der Waals surface area contributed by atoms with Crippen molar-refractivity contribution in [3.05, 3.63) is 0 Å². The Morgan fingerprint density at radius 1 is 1.18 bits per heavy atom. The molecule has 0 spiro atoms. The van der Waals surface area contributed by atoms with Crippen molar-refractivity contribution in [1.82, 2.24) is 5.32 Å². The topological polar surface area (TPSA) is 47.6 Å². The molecule has 0 saturated carbocycles. The van der Waals surface area contributed by atoms with Crippen LogP contribution in [0.1, 0.15) is 6.42 Å². The number of carbonyl (C=O) groups is 1. The van der Waals surface area contributed by atoms with Crippen LogP contribution in [0, 0.1) is 0 Å². The summed E-state index contributed by atoms with van der Waals surface area (Å²) in [7, 11) is -1.39. The minimum atomic E-state index is -1.73. The molecule has 0 aromatic heterocycles. The van der Waals surface area contributed by atoms with E-state index in [0.717, 1.165) is 19.0 Å². The number of carbonyl (C=O) groups excluding carboxylic acids is 1. The van der Waals surface area contributed by atoms with Crippen molar-refractivity contribution in [3.63, 3.8) is 0 Å². The summed E-state index contributed by atoms with van der Waals surface area (Å²) in [5.41, 5.74) is 0. The van der Waals surface area contributed by atoms with Crippen molar-refractivity contribution in [1.29, 1.82) is 0 Å². The zero-order valence-electron chi connectivity index (χ0n) is 12.1. The average molecular weight is 278 g/mol. The van der Waals surface area contributed by atoms with Gasteiger partial charge in [-0.2, -0.15) is 0 Å². The Kier molecular flexibility index (Phi) is 7.23. The molecule has 0 fully saturated rings. The first-order chi connectivity index (χ1) is 7.66. The van der Waals surface area contributed by atoms with E-state index in [1.807, 2.05) is 19.6 Å². The van der Waals surface area contributed by atoms with Crippen LogP contribution in [0.15, 0.2) is 0 Å². The predicted molar refractivity (Wildman–Crippen MR) is 76.2 cm³/mol. The van der Waals surface area contributed by atoms with Gasteiger partial charge in [-0.15, -0.1) is 0 Å². The van der Waals surface area contributed by atoms with Crippen molar-refractivity contribution >= 4 is 22.6 Å². The van der Waals surface area contributed by atoms with Crippen molar-refractivity contribution in [2.45, 2.75) is 45.2 Å². The van der Waals surface area contributed by atoms with Crippen molar-refractivity contribution < 1.29 is 13.6 Å². The summed E-state index contributed by atoms with van der Waals surface area (Å²) in [6.07, 6.45) is 1.05. The third kappa shape index (κ3) is 10.7. The molecule has 0 aliphatic heterocycles. The summed E-state index contributed by atoms with van der Waals surface area (Å²) in [4.78, 5) is 11.4. The van der Waals surface area contributed by atoms with Crippen molar-refractivity contribution in [2.75, 3.05) is 20.2 Å². The van der Waals surface area contributed by atoms with Gasteiger partial charge >= 0.3 is 5.97 Å². The molecule has 0 amide bonds. The van der Waals surface area contributed by atoms with E-state index in [2.05, 4.69) is 18.4 Å². The fourth-order valence-electron chi connectivity index (χ4n) is 1.31. The molecule has 0 radical (unpaired) electrons. The fraction of sp³-hybridized carbons (Fsp3) is 0.909. The predicted octanol–water partition coefficient (Wildman–Crippen LogP) is 2.20. The summed E-state index contributed by atoms with van der Waals surface area (Å²) in [5, 5.41) is 3.12. The third-order valence-corrected chi connectivity index (χ3v) is 5.88. The highest BCUT2D eigenvalue weighted by atomic mass is 28.4. The van der Waals surface area contributed by atoms with Crippen LogP contribution in [-0.2, 0) is 13.6 Å². The van der Waals surface area contributed by atoms with Crippen LogP contribution in [-0.4, -0.2) is 42.8 Å². The summed E-state index contributed by atoms with van der Waals surface area (Å²) < 4.78 is 10.8. The maximum Gasteiger partial charge on any atom is 0.306 e. The lowest BCUT2D eigenvalue weighted by molar-refractivity contribution is -0.134. The number of rotatable bonds is 8. The quantitative estimate of drug-likeness (QED) is 0.546. The van der Waals surface area contributed by atoms with Crippen LogP contribution in [0.25, 0.3) is 0 Å². The highest BCUT2D eigenvalue weighted by molar-refractivity contribution is 6.71. The zero-order chi connectivity index (χ0) is 13.5. The van der Waals surface area contributed by atoms with Gasteiger partial charge in [-0.1, -0.05) is 0 Å². The number of hydrogen-bond donors (Lipinski definition) is 1. The Balaban J connectivity index is 3.56. The molecule has 0 unspecified atom stereocenters. The van der Waals surface area contributed by atoms with Crippen molar-refractivity contribution in [2.24, 2.45) is 0 Å². The van der Waals surface area contributed by atoms with Gasteiger partial charge in [0, 0.05) is 7.11 Å². The maximum absolute atomic E-state index is 11.4. The largest absolute Gasteiger partial charge is 0.519 e. The van der Waals surface area contributed by atoms with Crippen molar-refractivity contribution in [3.8, 4) is 0 Å². The summed E-state index contributed by atoms with van der Waals surface area (Å²) in [5.74, 6) is -0.132. The molecule has 6 heteroatoms. The van der Waals surface area contributed by atoms with E-state index in [1.54, 1.807) is 7.11 Å². The first-order valence-electron chi connectivity index (χ1n) is 6.14. The van der Waals surface area contributed by atoms with Gasteiger partial charge < -0.3 is 14.2 Å². The van der Waals surface area contributed by atoms with E-state index in [1.165, 1.54) is 0 Å². The monoisotopic (exact) mass is 277 g/mol. The van der Waals surface area contributed by atoms with E-state index in [9.17, 15) is 4.79 Å². The van der Waals surface area contributed by atoms with Crippen LogP contribution >= 0.6 is 0 Å². The molecule has 0 bridgehead atoms. The Morgan fingerprint density at radius 2 is 1.76 bits per heavy atom. The van der Waals surface area contributed by atoms with Gasteiger partial charge in [0.05, 0.1) is 6.54 Å². The second kappa shape index (κ2) is 7.30. The molecular formula is C11H27NO3Si2. The van der Waals surface area contributed by atoms with E-state index in [0.29, 0.717) is 6.54 Å². The Bertz CT molecular complexity index is 239. The molecule has 0 aromatic carbocycles. The molecule has 0 heterocycles. The van der Waals surface area contributed by atoms with Crippen LogP contribution in [0.5, 0.6) is 0 Å². The molecule has 0 rings (SSSR count). The zero-order valence-corrected chi connectivity index (χ0v) is 14.1. The minimum Gasteiger partial charge on any atom is -0.519 e. The van der Waals surface area contributed by atoms with E-state index in [-0.39, 0.29) is 5.97 Å². The average Bonchev–Trinajstić information content (AvgIpc) is 2.14. The van der Waals surface area contributed by atoms with Gasteiger partial charge in [-0.25, -0.2) is 0 Å². The molecule has 0 aromatic rings. The molecule has 0 atom stereocenters. The third-order valence-electron chi connectivity index (χ3n) is 2.37. The van der Waals surface area contributed by atoms with Crippen LogP contribution in [0.4, 0.5) is 0 Å². The lowest BCUT2D eigenvalue weighted by atomic mass is 10.5. The maximum atomic E-state index is 11.4. The molecule has 4 nitrogen and oxygen atoms in total. The molecule has 102 valence electrons. The highest BCUT2D eigenvalue weighted by Crippen LogP contribution is 2.11. The first kappa shape index (κ1) is 16.8. The minimum absolute atomic E-state index is 0.132. The van der Waals surface area contributed by atoms with Gasteiger partial charge in [0.2, 0.25) is 8.32 Å². The summed E-state index contributed by atoms with van der Waals surface area (Å²) in [6.45, 7) is 11.6. The van der Waals surface area contributed by atoms with E-state index < -0.39 is 16.6 Å². The summed E-state index contributed by atoms with van der Waals surface area (Å²) >= 11 is 0. The van der Waals surface area contributed by atoms with Gasteiger partial charge in [0.1, 0.15) is 0 Å². The second-order valence-electron chi connectivity index (χ2n) is 5.83. The fourth-order valence-corrected chi connectivity index (χ4v) is 3.30. The van der Waals surface area contributed by atoms with E-state index in [4.69, 9.17) is 8.85 Å². The van der Waals surface area contributed by atoms with E-state index >= 15 is 0 Å². The second-order valence-corrected chi connectivity index (χ2v) is 14.7. The smallest absolute Gasteiger partial charge is 0.306 e. The molecule has 17 heavy (non-hydrogen) atoms. The number of nitrogens with one attached hydrogen (secondary N) is 1. The van der Waals surface area contributed by atoms with Gasteiger partial charge in [0.15, 0.2) is 8.32 Å². The molecule has 0 aliphatic rings. The normalized spacial score (nSPS) is 12.6. The van der Waals surface area contributed by atoms with Crippen LogP contribution < -0.4 is 5.32 Å². The Morgan fingerprint density at radius 3 is 2.24 bits per heavy atom. The van der Waals surface area contributed by atoms with Crippen LogP contribution in [0.2, 0.25) is 38.8 Å². The van der Waals surface area contributed by atoms with Crippen LogP contribution in [0.3, 0.4) is 0 Å². The SMILES string of the molecule is CO[Si](C)(C)CCCNCC(=O)O[Si](C)(C)C. The summed E-state index contributed by atoms with van der Waals surface area (Å²) in [6, 6.07) is 1.11. The standard InChI is InChI=1S/C11H27NO3Si2/c1-14-17(5,6)9-7-8-12-10-11(13)15-16(2,3)4/h12H,7-10H2,1-6H3. The number of hydrogen-bond acceptors (Lipinski definition) is 4. The molecule has 0 saturated heterocycles.